The molecule has 20 heavy (non-hydrogen) atoms. The van der Waals surface area contributed by atoms with Gasteiger partial charge in [0.1, 0.15) is 0 Å². The molecule has 1 unspecified atom stereocenters. The molecular formula is C18H13NO. The highest BCUT2D eigenvalue weighted by Crippen LogP contribution is 2.37. The lowest BCUT2D eigenvalue weighted by Crippen LogP contribution is -2.25. The molecule has 0 N–H and O–H groups in total. The molecule has 2 aromatic carbocycles. The zero-order chi connectivity index (χ0) is 13.5. The molecular weight excluding hydrogens is 246 g/mol. The number of carbonyl (C=O) groups excluding carboxylic acids is 1. The van der Waals surface area contributed by atoms with E-state index in [1.54, 1.807) is 6.20 Å². The Morgan fingerprint density at radius 1 is 1.05 bits per heavy atom. The molecule has 0 bridgehead atoms. The molecule has 0 fully saturated rings. The van der Waals surface area contributed by atoms with E-state index < -0.39 is 0 Å². The molecule has 3 aromatic rings. The van der Waals surface area contributed by atoms with Gasteiger partial charge in [0.25, 0.3) is 0 Å². The maximum Gasteiger partial charge on any atom is 0.170 e. The summed E-state index contributed by atoms with van der Waals surface area (Å²) in [6.45, 7) is 0. The summed E-state index contributed by atoms with van der Waals surface area (Å²) >= 11 is 0. The van der Waals surface area contributed by atoms with Crippen molar-refractivity contribution in [2.75, 3.05) is 0 Å². The van der Waals surface area contributed by atoms with Gasteiger partial charge in [-0.1, -0.05) is 42.5 Å². The van der Waals surface area contributed by atoms with Gasteiger partial charge in [0.05, 0.1) is 11.4 Å². The van der Waals surface area contributed by atoms with Crippen molar-refractivity contribution in [3.05, 3.63) is 77.5 Å². The van der Waals surface area contributed by atoms with Crippen LogP contribution in [0.4, 0.5) is 0 Å². The van der Waals surface area contributed by atoms with Gasteiger partial charge in [0.15, 0.2) is 5.78 Å². The van der Waals surface area contributed by atoms with E-state index in [1.165, 1.54) is 11.1 Å². The maximum absolute atomic E-state index is 12.6. The first-order valence-electron chi connectivity index (χ1n) is 6.80. The number of Topliss-reactive ketones (excluding diaryl/α,β-unsaturated/α-hetero) is 1. The molecule has 0 saturated heterocycles. The van der Waals surface area contributed by atoms with Gasteiger partial charge in [-0.15, -0.1) is 0 Å². The number of aromatic nitrogens is 1. The first-order valence-corrected chi connectivity index (χ1v) is 6.80. The summed E-state index contributed by atoms with van der Waals surface area (Å²) in [5, 5.41) is 1.07. The van der Waals surface area contributed by atoms with Gasteiger partial charge in [-0.3, -0.25) is 9.78 Å². The predicted octanol–water partition coefficient (Wildman–Crippen LogP) is 3.76. The van der Waals surface area contributed by atoms with Crippen LogP contribution in [-0.4, -0.2) is 10.8 Å². The van der Waals surface area contributed by atoms with E-state index in [4.69, 9.17) is 0 Å². The quantitative estimate of drug-likeness (QED) is 0.656. The first-order chi connectivity index (χ1) is 9.83. The van der Waals surface area contributed by atoms with Crippen LogP contribution in [0.1, 0.15) is 27.4 Å². The van der Waals surface area contributed by atoms with Gasteiger partial charge in [-0.25, -0.2) is 0 Å². The van der Waals surface area contributed by atoms with E-state index in [-0.39, 0.29) is 11.7 Å². The summed E-state index contributed by atoms with van der Waals surface area (Å²) in [7, 11) is 0. The molecule has 4 rings (SSSR count). The molecule has 1 aliphatic carbocycles. The van der Waals surface area contributed by atoms with Crippen molar-refractivity contribution in [2.24, 2.45) is 0 Å². The van der Waals surface area contributed by atoms with Crippen LogP contribution in [-0.2, 0) is 6.42 Å². The Morgan fingerprint density at radius 3 is 2.85 bits per heavy atom. The second kappa shape index (κ2) is 4.27. The van der Waals surface area contributed by atoms with Crippen molar-refractivity contribution in [1.82, 2.24) is 4.98 Å². The first kappa shape index (κ1) is 11.4. The monoisotopic (exact) mass is 259 g/mol. The van der Waals surface area contributed by atoms with Crippen molar-refractivity contribution >= 4 is 16.7 Å². The van der Waals surface area contributed by atoms with Crippen molar-refractivity contribution < 1.29 is 4.79 Å². The molecule has 96 valence electrons. The van der Waals surface area contributed by atoms with E-state index in [2.05, 4.69) is 17.1 Å². The average molecular weight is 259 g/mol. The largest absolute Gasteiger partial charge is 0.293 e. The summed E-state index contributed by atoms with van der Waals surface area (Å²) < 4.78 is 0. The van der Waals surface area contributed by atoms with Crippen molar-refractivity contribution in [2.45, 2.75) is 12.3 Å². The van der Waals surface area contributed by atoms with Gasteiger partial charge in [-0.2, -0.15) is 0 Å². The van der Waals surface area contributed by atoms with E-state index >= 15 is 0 Å². The van der Waals surface area contributed by atoms with Gasteiger partial charge >= 0.3 is 0 Å². The topological polar surface area (TPSA) is 30.0 Å². The van der Waals surface area contributed by atoms with Crippen molar-refractivity contribution in [1.29, 1.82) is 0 Å². The Balaban J connectivity index is 1.72. The normalized spacial score (nSPS) is 16.5. The second-order valence-electron chi connectivity index (χ2n) is 5.23. The number of benzene rings is 2. The minimum atomic E-state index is 0.0207. The molecule has 0 radical (unpaired) electrons. The highest BCUT2D eigenvalue weighted by Gasteiger charge is 2.32. The van der Waals surface area contributed by atoms with Crippen LogP contribution in [0.15, 0.2) is 60.8 Å². The van der Waals surface area contributed by atoms with E-state index in [0.717, 1.165) is 22.9 Å². The molecule has 1 atom stereocenters. The number of rotatable bonds is 2. The summed E-state index contributed by atoms with van der Waals surface area (Å²) in [5.74, 6) is 0.226. The fourth-order valence-electron chi connectivity index (χ4n) is 2.91. The zero-order valence-corrected chi connectivity index (χ0v) is 10.9. The van der Waals surface area contributed by atoms with Crippen LogP contribution in [0.2, 0.25) is 0 Å². The van der Waals surface area contributed by atoms with Gasteiger partial charge in [-0.05, 0) is 29.7 Å². The van der Waals surface area contributed by atoms with Crippen LogP contribution < -0.4 is 0 Å². The van der Waals surface area contributed by atoms with E-state index in [9.17, 15) is 4.79 Å². The minimum absolute atomic E-state index is 0.0207. The van der Waals surface area contributed by atoms with Gasteiger partial charge < -0.3 is 0 Å². The lowest BCUT2D eigenvalue weighted by Gasteiger charge is -2.28. The number of ketones is 1. The number of carbonyl (C=O) groups is 1. The molecule has 1 heterocycles. The lowest BCUT2D eigenvalue weighted by atomic mass is 9.74. The molecule has 0 spiro atoms. The zero-order valence-electron chi connectivity index (χ0n) is 10.9. The second-order valence-corrected chi connectivity index (χ2v) is 5.23. The van der Waals surface area contributed by atoms with Crippen LogP contribution in [0.5, 0.6) is 0 Å². The average Bonchev–Trinajstić information content (AvgIpc) is 2.48. The summed E-state index contributed by atoms with van der Waals surface area (Å²) in [5.41, 5.74) is 4.12. The number of nitrogens with zero attached hydrogens (tertiary/aromatic N) is 1. The Bertz CT molecular complexity index is 822. The number of fused-ring (bicyclic) bond motifs is 2. The fourth-order valence-corrected chi connectivity index (χ4v) is 2.91. The van der Waals surface area contributed by atoms with Gasteiger partial charge in [0.2, 0.25) is 0 Å². The lowest BCUT2D eigenvalue weighted by molar-refractivity contribution is 0.0949. The molecule has 0 aliphatic heterocycles. The standard InChI is InChI=1S/C18H13NO/c20-18(16-10-13-4-1-2-6-15(13)16)14-8-7-12-5-3-9-19-17(12)11-14/h1-9,11,16H,10H2. The molecule has 2 heteroatoms. The summed E-state index contributed by atoms with van der Waals surface area (Å²) in [4.78, 5) is 16.9. The smallest absolute Gasteiger partial charge is 0.170 e. The fraction of sp³-hybridized carbons (Fsp3) is 0.111. The molecule has 0 amide bonds. The SMILES string of the molecule is O=C(c1ccc2cccnc2c1)C1Cc2ccccc21. The van der Waals surface area contributed by atoms with Crippen LogP contribution in [0.25, 0.3) is 10.9 Å². The van der Waals surface area contributed by atoms with Crippen molar-refractivity contribution in [3.63, 3.8) is 0 Å². The summed E-state index contributed by atoms with van der Waals surface area (Å²) in [6.07, 6.45) is 2.62. The van der Waals surface area contributed by atoms with E-state index in [0.29, 0.717) is 0 Å². The van der Waals surface area contributed by atoms with Crippen LogP contribution in [0, 0.1) is 0 Å². The maximum atomic E-state index is 12.6. The minimum Gasteiger partial charge on any atom is -0.293 e. The highest BCUT2D eigenvalue weighted by atomic mass is 16.1. The van der Waals surface area contributed by atoms with Crippen LogP contribution >= 0.6 is 0 Å². The predicted molar refractivity (Wildman–Crippen MR) is 79.0 cm³/mol. The molecule has 2 nitrogen and oxygen atoms in total. The highest BCUT2D eigenvalue weighted by molar-refractivity contribution is 6.04. The molecule has 1 aromatic heterocycles. The Morgan fingerprint density at radius 2 is 1.95 bits per heavy atom. The van der Waals surface area contributed by atoms with E-state index in [1.807, 2.05) is 42.5 Å². The third kappa shape index (κ3) is 1.65. The number of hydrogen-bond donors (Lipinski definition) is 0. The summed E-state index contributed by atoms with van der Waals surface area (Å²) in [6, 6.07) is 17.9. The molecule has 1 aliphatic rings. The van der Waals surface area contributed by atoms with Crippen molar-refractivity contribution in [3.8, 4) is 0 Å². The van der Waals surface area contributed by atoms with Gasteiger partial charge in [0, 0.05) is 17.1 Å². The number of pyridine rings is 1. The third-order valence-electron chi connectivity index (χ3n) is 4.06. The Labute approximate surface area is 117 Å². The Hall–Kier alpha value is -2.48. The third-order valence-corrected chi connectivity index (χ3v) is 4.06. The number of hydrogen-bond acceptors (Lipinski definition) is 2. The molecule has 0 saturated carbocycles. The van der Waals surface area contributed by atoms with Crippen LogP contribution in [0.3, 0.4) is 0 Å². The Kier molecular flexibility index (Phi) is 2.43.